The summed E-state index contributed by atoms with van der Waals surface area (Å²) < 4.78 is 0. The van der Waals surface area contributed by atoms with Gasteiger partial charge in [-0.3, -0.25) is 4.79 Å². The predicted octanol–water partition coefficient (Wildman–Crippen LogP) is 2.69. The average Bonchev–Trinajstić information content (AvgIpc) is 2.47. The Kier molecular flexibility index (Phi) is 2.92. The van der Waals surface area contributed by atoms with E-state index >= 15 is 0 Å². The standard InChI is InChI=1S/C12H14OS/c1-9-12(13)8-11(14-9)7-10-5-3-2-4-6-10/h2-6,9,11H,7-8H2,1H3. The predicted molar refractivity (Wildman–Crippen MR) is 60.6 cm³/mol. The molecular weight excluding hydrogens is 192 g/mol. The highest BCUT2D eigenvalue weighted by Gasteiger charge is 2.29. The second kappa shape index (κ2) is 4.18. The van der Waals surface area contributed by atoms with Crippen molar-refractivity contribution in [2.45, 2.75) is 30.3 Å². The number of hydrogen-bond donors (Lipinski definition) is 0. The number of benzene rings is 1. The molecule has 2 rings (SSSR count). The molecule has 0 radical (unpaired) electrons. The zero-order valence-electron chi connectivity index (χ0n) is 8.27. The van der Waals surface area contributed by atoms with Crippen LogP contribution in [0.2, 0.25) is 0 Å². The molecule has 1 heterocycles. The topological polar surface area (TPSA) is 17.1 Å². The van der Waals surface area contributed by atoms with Crippen LogP contribution in [0.3, 0.4) is 0 Å². The summed E-state index contributed by atoms with van der Waals surface area (Å²) in [5.41, 5.74) is 1.34. The van der Waals surface area contributed by atoms with Crippen molar-refractivity contribution < 1.29 is 4.79 Å². The fourth-order valence-electron chi connectivity index (χ4n) is 1.80. The van der Waals surface area contributed by atoms with Gasteiger partial charge in [-0.1, -0.05) is 30.3 Å². The Labute approximate surface area is 88.9 Å². The summed E-state index contributed by atoms with van der Waals surface area (Å²) in [5, 5.41) is 0.712. The van der Waals surface area contributed by atoms with Gasteiger partial charge in [0.05, 0.1) is 5.25 Å². The van der Waals surface area contributed by atoms with Crippen LogP contribution in [-0.4, -0.2) is 16.3 Å². The number of carbonyl (C=O) groups excluding carboxylic acids is 1. The van der Waals surface area contributed by atoms with E-state index < -0.39 is 0 Å². The SMILES string of the molecule is CC1SC(Cc2ccccc2)CC1=O. The van der Waals surface area contributed by atoms with Gasteiger partial charge in [-0.2, -0.15) is 0 Å². The quantitative estimate of drug-likeness (QED) is 0.740. The van der Waals surface area contributed by atoms with E-state index in [1.165, 1.54) is 5.56 Å². The molecule has 1 aliphatic heterocycles. The molecule has 2 heteroatoms. The van der Waals surface area contributed by atoms with E-state index in [4.69, 9.17) is 0 Å². The molecule has 1 fully saturated rings. The third-order valence-corrected chi connectivity index (χ3v) is 3.97. The number of ketones is 1. The van der Waals surface area contributed by atoms with Crippen molar-refractivity contribution in [3.8, 4) is 0 Å². The Balaban J connectivity index is 1.97. The Hall–Kier alpha value is -0.760. The van der Waals surface area contributed by atoms with Crippen molar-refractivity contribution in [1.29, 1.82) is 0 Å². The van der Waals surface area contributed by atoms with E-state index in [9.17, 15) is 4.79 Å². The van der Waals surface area contributed by atoms with E-state index in [0.717, 1.165) is 12.8 Å². The summed E-state index contributed by atoms with van der Waals surface area (Å²) in [7, 11) is 0. The Morgan fingerprint density at radius 3 is 2.64 bits per heavy atom. The molecule has 1 aromatic carbocycles. The Bertz CT molecular complexity index is 320. The first-order valence-electron chi connectivity index (χ1n) is 4.98. The largest absolute Gasteiger partial charge is 0.298 e. The highest BCUT2D eigenvalue weighted by Crippen LogP contribution is 2.32. The van der Waals surface area contributed by atoms with E-state index in [1.54, 1.807) is 0 Å². The molecule has 0 spiro atoms. The van der Waals surface area contributed by atoms with Crippen LogP contribution in [0.25, 0.3) is 0 Å². The number of hydrogen-bond acceptors (Lipinski definition) is 2. The maximum atomic E-state index is 11.4. The van der Waals surface area contributed by atoms with E-state index in [2.05, 4.69) is 24.3 Å². The molecule has 1 aromatic rings. The van der Waals surface area contributed by atoms with Crippen LogP contribution in [0.15, 0.2) is 30.3 Å². The Morgan fingerprint density at radius 1 is 1.36 bits per heavy atom. The van der Waals surface area contributed by atoms with Gasteiger partial charge in [0.25, 0.3) is 0 Å². The molecular formula is C12H14OS. The zero-order valence-corrected chi connectivity index (χ0v) is 9.09. The van der Waals surface area contributed by atoms with Crippen LogP contribution in [0.1, 0.15) is 18.9 Å². The summed E-state index contributed by atoms with van der Waals surface area (Å²) in [4.78, 5) is 11.4. The van der Waals surface area contributed by atoms with E-state index in [-0.39, 0.29) is 5.25 Å². The highest BCUT2D eigenvalue weighted by atomic mass is 32.2. The van der Waals surface area contributed by atoms with Gasteiger partial charge in [0.2, 0.25) is 0 Å². The average molecular weight is 206 g/mol. The third-order valence-electron chi connectivity index (χ3n) is 2.59. The van der Waals surface area contributed by atoms with Gasteiger partial charge in [-0.25, -0.2) is 0 Å². The molecule has 2 atom stereocenters. The van der Waals surface area contributed by atoms with Crippen molar-refractivity contribution in [3.05, 3.63) is 35.9 Å². The first kappa shape index (κ1) is 9.78. The fraction of sp³-hybridized carbons (Fsp3) is 0.417. The van der Waals surface area contributed by atoms with Crippen molar-refractivity contribution in [3.63, 3.8) is 0 Å². The van der Waals surface area contributed by atoms with Gasteiger partial charge in [0.15, 0.2) is 0 Å². The molecule has 2 unspecified atom stereocenters. The fourth-order valence-corrected chi connectivity index (χ4v) is 3.17. The summed E-state index contributed by atoms with van der Waals surface area (Å²) in [6.45, 7) is 2.01. The van der Waals surface area contributed by atoms with Crippen molar-refractivity contribution in [2.24, 2.45) is 0 Å². The number of Topliss-reactive ketones (excluding diaryl/α,β-unsaturated/α-hetero) is 1. The lowest BCUT2D eigenvalue weighted by Gasteiger charge is -2.07. The van der Waals surface area contributed by atoms with Gasteiger partial charge in [-0.05, 0) is 18.9 Å². The minimum Gasteiger partial charge on any atom is -0.298 e. The molecule has 74 valence electrons. The highest BCUT2D eigenvalue weighted by molar-refractivity contribution is 8.01. The summed E-state index contributed by atoms with van der Waals surface area (Å²) in [6.07, 6.45) is 1.78. The summed E-state index contributed by atoms with van der Waals surface area (Å²) in [5.74, 6) is 0.413. The first-order chi connectivity index (χ1) is 6.75. The van der Waals surface area contributed by atoms with Crippen LogP contribution in [0.5, 0.6) is 0 Å². The van der Waals surface area contributed by atoms with Crippen LogP contribution in [0.4, 0.5) is 0 Å². The molecule has 0 aliphatic carbocycles. The molecule has 0 aromatic heterocycles. The molecule has 1 nitrogen and oxygen atoms in total. The summed E-state index contributed by atoms with van der Waals surface area (Å²) >= 11 is 1.82. The van der Waals surface area contributed by atoms with E-state index in [0.29, 0.717) is 11.0 Å². The van der Waals surface area contributed by atoms with Gasteiger partial charge in [0, 0.05) is 11.7 Å². The van der Waals surface area contributed by atoms with Gasteiger partial charge < -0.3 is 0 Å². The number of thioether (sulfide) groups is 1. The lowest BCUT2D eigenvalue weighted by atomic mass is 10.1. The van der Waals surface area contributed by atoms with Crippen LogP contribution in [0, 0.1) is 0 Å². The van der Waals surface area contributed by atoms with Crippen molar-refractivity contribution in [1.82, 2.24) is 0 Å². The second-order valence-electron chi connectivity index (χ2n) is 3.76. The van der Waals surface area contributed by atoms with Crippen molar-refractivity contribution in [2.75, 3.05) is 0 Å². The van der Waals surface area contributed by atoms with Gasteiger partial charge >= 0.3 is 0 Å². The van der Waals surface area contributed by atoms with Gasteiger partial charge in [-0.15, -0.1) is 11.8 Å². The maximum Gasteiger partial charge on any atom is 0.146 e. The second-order valence-corrected chi connectivity index (χ2v) is 5.41. The number of rotatable bonds is 2. The minimum absolute atomic E-state index is 0.212. The smallest absolute Gasteiger partial charge is 0.146 e. The van der Waals surface area contributed by atoms with Crippen LogP contribution < -0.4 is 0 Å². The Morgan fingerprint density at radius 2 is 2.07 bits per heavy atom. The van der Waals surface area contributed by atoms with Crippen LogP contribution >= 0.6 is 11.8 Å². The molecule has 0 saturated carbocycles. The van der Waals surface area contributed by atoms with E-state index in [1.807, 2.05) is 24.8 Å². The minimum atomic E-state index is 0.212. The van der Waals surface area contributed by atoms with Crippen molar-refractivity contribution >= 4 is 17.5 Å². The molecule has 1 saturated heterocycles. The lowest BCUT2D eigenvalue weighted by molar-refractivity contribution is -0.117. The first-order valence-corrected chi connectivity index (χ1v) is 5.92. The molecule has 1 aliphatic rings. The normalized spacial score (nSPS) is 26.8. The molecule has 0 amide bonds. The maximum absolute atomic E-state index is 11.4. The lowest BCUT2D eigenvalue weighted by Crippen LogP contribution is -2.05. The molecule has 0 N–H and O–H groups in total. The number of carbonyl (C=O) groups is 1. The summed E-state index contributed by atoms with van der Waals surface area (Å²) in [6, 6.07) is 10.4. The zero-order chi connectivity index (χ0) is 9.97. The molecule has 0 bridgehead atoms. The third kappa shape index (κ3) is 2.18. The van der Waals surface area contributed by atoms with Gasteiger partial charge in [0.1, 0.15) is 5.78 Å². The molecule has 14 heavy (non-hydrogen) atoms. The van der Waals surface area contributed by atoms with Crippen LogP contribution in [-0.2, 0) is 11.2 Å². The monoisotopic (exact) mass is 206 g/mol.